The number of carbonyl (C=O) groups is 1. The van der Waals surface area contributed by atoms with Crippen LogP contribution in [-0.4, -0.2) is 22.6 Å². The van der Waals surface area contributed by atoms with Crippen molar-refractivity contribution in [1.29, 1.82) is 0 Å². The van der Waals surface area contributed by atoms with Crippen LogP contribution in [0.1, 0.15) is 22.3 Å². The van der Waals surface area contributed by atoms with Crippen molar-refractivity contribution < 1.29 is 19.1 Å². The van der Waals surface area contributed by atoms with Crippen LogP contribution in [-0.2, 0) is 4.79 Å². The largest absolute Gasteiger partial charge is 0.507 e. The molecule has 4 aromatic rings. The molecule has 0 spiro atoms. The third kappa shape index (κ3) is 4.38. The van der Waals surface area contributed by atoms with E-state index in [9.17, 15) is 9.90 Å². The number of phenols is 1. The maximum Gasteiger partial charge on any atom is 0.262 e. The van der Waals surface area contributed by atoms with Gasteiger partial charge in [0, 0.05) is 5.69 Å². The van der Waals surface area contributed by atoms with E-state index in [-0.39, 0.29) is 18.3 Å². The first-order chi connectivity index (χ1) is 14.8. The SMILES string of the molecule is Cc1ccc(OCC(=O)Nc2ccc(O)c(-c3nc4cc(C)c(C)cc4o3)c2)cc1C. The van der Waals surface area contributed by atoms with E-state index in [1.165, 1.54) is 6.07 Å². The lowest BCUT2D eigenvalue weighted by atomic mass is 10.1. The number of carbonyl (C=O) groups excluding carboxylic acids is 1. The number of nitrogens with zero attached hydrogens (tertiary/aromatic N) is 1. The summed E-state index contributed by atoms with van der Waals surface area (Å²) in [6, 6.07) is 14.3. The average Bonchev–Trinajstić information content (AvgIpc) is 3.13. The molecular formula is C25H24N2O4. The van der Waals surface area contributed by atoms with Crippen molar-refractivity contribution in [2.24, 2.45) is 0 Å². The molecule has 6 nitrogen and oxygen atoms in total. The first-order valence-electron chi connectivity index (χ1n) is 10.0. The highest BCUT2D eigenvalue weighted by atomic mass is 16.5. The fourth-order valence-corrected chi connectivity index (χ4v) is 3.23. The molecule has 2 N–H and O–H groups in total. The Hall–Kier alpha value is -3.80. The molecule has 0 aliphatic heterocycles. The van der Waals surface area contributed by atoms with Gasteiger partial charge >= 0.3 is 0 Å². The lowest BCUT2D eigenvalue weighted by Crippen LogP contribution is -2.20. The van der Waals surface area contributed by atoms with E-state index in [2.05, 4.69) is 10.3 Å². The van der Waals surface area contributed by atoms with Gasteiger partial charge in [0.2, 0.25) is 5.89 Å². The number of fused-ring (bicyclic) bond motifs is 1. The first kappa shape index (κ1) is 20.5. The molecule has 1 amide bonds. The molecular weight excluding hydrogens is 392 g/mol. The van der Waals surface area contributed by atoms with Gasteiger partial charge in [-0.2, -0.15) is 0 Å². The predicted octanol–water partition coefficient (Wildman–Crippen LogP) is 5.45. The number of aromatic hydroxyl groups is 1. The summed E-state index contributed by atoms with van der Waals surface area (Å²) in [5.41, 5.74) is 6.76. The van der Waals surface area contributed by atoms with Gasteiger partial charge in [-0.3, -0.25) is 4.79 Å². The zero-order valence-corrected chi connectivity index (χ0v) is 17.9. The van der Waals surface area contributed by atoms with Crippen LogP contribution in [0.25, 0.3) is 22.6 Å². The predicted molar refractivity (Wildman–Crippen MR) is 121 cm³/mol. The van der Waals surface area contributed by atoms with E-state index >= 15 is 0 Å². The summed E-state index contributed by atoms with van der Waals surface area (Å²) in [5.74, 6) is 0.643. The molecule has 0 unspecified atom stereocenters. The summed E-state index contributed by atoms with van der Waals surface area (Å²) < 4.78 is 11.4. The summed E-state index contributed by atoms with van der Waals surface area (Å²) in [5, 5.41) is 13.1. The van der Waals surface area contributed by atoms with Crippen molar-refractivity contribution in [1.82, 2.24) is 4.98 Å². The number of benzene rings is 3. The number of anilines is 1. The van der Waals surface area contributed by atoms with Crippen molar-refractivity contribution in [3.8, 4) is 23.0 Å². The second kappa shape index (κ2) is 8.14. The van der Waals surface area contributed by atoms with Gasteiger partial charge < -0.3 is 19.6 Å². The number of amides is 1. The van der Waals surface area contributed by atoms with E-state index in [4.69, 9.17) is 9.15 Å². The van der Waals surface area contributed by atoms with Crippen LogP contribution < -0.4 is 10.1 Å². The summed E-state index contributed by atoms with van der Waals surface area (Å²) in [4.78, 5) is 16.8. The molecule has 0 saturated carbocycles. The van der Waals surface area contributed by atoms with Crippen molar-refractivity contribution in [3.05, 3.63) is 70.8 Å². The molecule has 0 aliphatic rings. The third-order valence-corrected chi connectivity index (χ3v) is 5.36. The molecule has 0 bridgehead atoms. The van der Waals surface area contributed by atoms with E-state index < -0.39 is 0 Å². The Labute approximate surface area is 180 Å². The Bertz CT molecular complexity index is 1250. The fourth-order valence-electron chi connectivity index (χ4n) is 3.23. The Morgan fingerprint density at radius 2 is 1.71 bits per heavy atom. The van der Waals surface area contributed by atoms with E-state index in [0.29, 0.717) is 34.0 Å². The molecule has 1 aromatic heterocycles. The van der Waals surface area contributed by atoms with Gasteiger partial charge in [0.15, 0.2) is 12.2 Å². The highest BCUT2D eigenvalue weighted by molar-refractivity contribution is 5.93. The molecule has 0 saturated heterocycles. The standard InChI is InChI=1S/C25H24N2O4/c1-14-5-7-19(9-15(14)2)30-13-24(29)26-18-6-8-22(28)20(12-18)25-27-21-10-16(3)17(4)11-23(21)31-25/h5-12,28H,13H2,1-4H3,(H,26,29). The first-order valence-corrected chi connectivity index (χ1v) is 10.0. The highest BCUT2D eigenvalue weighted by Crippen LogP contribution is 2.34. The van der Waals surface area contributed by atoms with Gasteiger partial charge in [0.25, 0.3) is 5.91 Å². The topological polar surface area (TPSA) is 84.6 Å². The van der Waals surface area contributed by atoms with Crippen LogP contribution in [0.15, 0.2) is 52.9 Å². The van der Waals surface area contributed by atoms with Crippen molar-refractivity contribution in [2.45, 2.75) is 27.7 Å². The van der Waals surface area contributed by atoms with Crippen molar-refractivity contribution in [3.63, 3.8) is 0 Å². The van der Waals surface area contributed by atoms with Crippen LogP contribution >= 0.6 is 0 Å². The summed E-state index contributed by atoms with van der Waals surface area (Å²) >= 11 is 0. The summed E-state index contributed by atoms with van der Waals surface area (Å²) in [6.45, 7) is 7.91. The van der Waals surface area contributed by atoms with Crippen molar-refractivity contribution >= 4 is 22.7 Å². The number of rotatable bonds is 5. The van der Waals surface area contributed by atoms with Crippen LogP contribution in [0.2, 0.25) is 0 Å². The van der Waals surface area contributed by atoms with E-state index in [1.54, 1.807) is 12.1 Å². The summed E-state index contributed by atoms with van der Waals surface area (Å²) in [7, 11) is 0. The van der Waals surface area contributed by atoms with Gasteiger partial charge in [-0.1, -0.05) is 6.07 Å². The van der Waals surface area contributed by atoms with Gasteiger partial charge in [0.05, 0.1) is 5.56 Å². The normalized spacial score (nSPS) is 11.0. The number of nitrogens with one attached hydrogen (secondary N) is 1. The number of oxazole rings is 1. The summed E-state index contributed by atoms with van der Waals surface area (Å²) in [6.07, 6.45) is 0. The maximum absolute atomic E-state index is 12.3. The minimum Gasteiger partial charge on any atom is -0.507 e. The Kier molecular flexibility index (Phi) is 5.38. The van der Waals surface area contributed by atoms with Gasteiger partial charge in [-0.05, 0) is 92.4 Å². The van der Waals surface area contributed by atoms with Crippen molar-refractivity contribution in [2.75, 3.05) is 11.9 Å². The molecule has 0 fully saturated rings. The molecule has 0 aliphatic carbocycles. The molecule has 4 rings (SSSR count). The van der Waals surface area contributed by atoms with Gasteiger partial charge in [-0.25, -0.2) is 4.98 Å². The molecule has 1 heterocycles. The average molecular weight is 416 g/mol. The number of hydrogen-bond acceptors (Lipinski definition) is 5. The zero-order chi connectivity index (χ0) is 22.1. The second-order valence-corrected chi connectivity index (χ2v) is 7.74. The maximum atomic E-state index is 12.3. The van der Waals surface area contributed by atoms with E-state index in [1.807, 2.05) is 58.0 Å². The lowest BCUT2D eigenvalue weighted by Gasteiger charge is -2.10. The number of aryl methyl sites for hydroxylation is 4. The number of ether oxygens (including phenoxy) is 1. The minimum atomic E-state index is -0.307. The second-order valence-electron chi connectivity index (χ2n) is 7.74. The highest BCUT2D eigenvalue weighted by Gasteiger charge is 2.15. The fraction of sp³-hybridized carbons (Fsp3) is 0.200. The molecule has 0 atom stereocenters. The number of phenolic OH excluding ortho intramolecular Hbond substituents is 1. The van der Waals surface area contributed by atoms with Gasteiger partial charge in [-0.15, -0.1) is 0 Å². The Morgan fingerprint density at radius 1 is 0.968 bits per heavy atom. The quantitative estimate of drug-likeness (QED) is 0.423. The minimum absolute atomic E-state index is 0.0179. The number of hydrogen-bond donors (Lipinski definition) is 2. The van der Waals surface area contributed by atoms with E-state index in [0.717, 1.165) is 22.3 Å². The lowest BCUT2D eigenvalue weighted by molar-refractivity contribution is -0.118. The zero-order valence-electron chi connectivity index (χ0n) is 17.9. The Morgan fingerprint density at radius 3 is 2.48 bits per heavy atom. The van der Waals surface area contributed by atoms with Crippen LogP contribution in [0.4, 0.5) is 5.69 Å². The smallest absolute Gasteiger partial charge is 0.262 e. The molecule has 0 radical (unpaired) electrons. The number of aromatic nitrogens is 1. The van der Waals surface area contributed by atoms with Crippen LogP contribution in [0.3, 0.4) is 0 Å². The Balaban J connectivity index is 1.51. The molecule has 158 valence electrons. The van der Waals surface area contributed by atoms with Crippen LogP contribution in [0.5, 0.6) is 11.5 Å². The van der Waals surface area contributed by atoms with Crippen LogP contribution in [0, 0.1) is 27.7 Å². The monoisotopic (exact) mass is 416 g/mol. The molecule has 6 heteroatoms. The van der Waals surface area contributed by atoms with Gasteiger partial charge in [0.1, 0.15) is 17.0 Å². The molecule has 31 heavy (non-hydrogen) atoms. The third-order valence-electron chi connectivity index (χ3n) is 5.36. The molecule has 3 aromatic carbocycles.